The van der Waals surface area contributed by atoms with Crippen LogP contribution in [0, 0.1) is 0 Å². The van der Waals surface area contributed by atoms with Crippen molar-refractivity contribution in [2.24, 2.45) is 17.2 Å². The summed E-state index contributed by atoms with van der Waals surface area (Å²) in [6.07, 6.45) is 0.792. The first kappa shape index (κ1) is 23.4. The highest BCUT2D eigenvalue weighted by Crippen LogP contribution is 2.27. The molecule has 0 bridgehead atoms. The average molecular weight is 404 g/mol. The Balaban J connectivity index is 1.80. The fourth-order valence-corrected chi connectivity index (χ4v) is 3.82. The number of aliphatic hydroxyl groups is 2. The number of amides is 1. The van der Waals surface area contributed by atoms with Crippen LogP contribution < -0.4 is 27.8 Å². The minimum absolute atomic E-state index is 0.0540. The highest BCUT2D eigenvalue weighted by molar-refractivity contribution is 5.80. The van der Waals surface area contributed by atoms with Gasteiger partial charge in [0.15, 0.2) is 6.29 Å². The van der Waals surface area contributed by atoms with Crippen LogP contribution in [0.2, 0.25) is 0 Å². The molecule has 1 saturated heterocycles. The van der Waals surface area contributed by atoms with Crippen molar-refractivity contribution < 1.29 is 24.5 Å². The molecule has 0 aromatic rings. The van der Waals surface area contributed by atoms with E-state index in [0.29, 0.717) is 19.4 Å². The van der Waals surface area contributed by atoms with Gasteiger partial charge in [0.25, 0.3) is 0 Å². The minimum atomic E-state index is -1.15. The summed E-state index contributed by atoms with van der Waals surface area (Å²) in [7, 11) is 0. The van der Waals surface area contributed by atoms with Gasteiger partial charge >= 0.3 is 0 Å². The molecule has 2 aliphatic rings. The molecule has 164 valence electrons. The lowest BCUT2D eigenvalue weighted by Crippen LogP contribution is -2.58. The smallest absolute Gasteiger partial charge is 0.249 e. The van der Waals surface area contributed by atoms with E-state index in [1.54, 1.807) is 0 Å². The summed E-state index contributed by atoms with van der Waals surface area (Å²) in [6.45, 7) is 2.26. The van der Waals surface area contributed by atoms with Crippen LogP contribution in [-0.4, -0.2) is 85.1 Å². The van der Waals surface area contributed by atoms with E-state index in [4.69, 9.17) is 26.7 Å². The number of ether oxygens (including phenoxy) is 2. The Morgan fingerprint density at radius 3 is 2.71 bits per heavy atom. The SMILES string of the molecule is NCCNCC1CCC[C@@H](O[C@@H]2C(N)CC(NC(=O)C(O)CCN)CC2O)O1. The molecule has 2 rings (SSSR count). The molecule has 1 amide bonds. The van der Waals surface area contributed by atoms with E-state index in [9.17, 15) is 15.0 Å². The summed E-state index contributed by atoms with van der Waals surface area (Å²) in [4.78, 5) is 12.0. The zero-order chi connectivity index (χ0) is 20.5. The molecule has 1 saturated carbocycles. The standard InChI is InChI=1S/C18H37N5O5/c19-5-4-14(24)18(26)23-11-8-13(21)17(15(25)9-11)28-16-3-1-2-12(27-16)10-22-7-6-20/h11-17,22,24-25H,1-10,19-21H2,(H,23,26)/t11?,12?,13?,14?,15?,16-,17-/m1/s1. The third-order valence-electron chi connectivity index (χ3n) is 5.29. The van der Waals surface area contributed by atoms with Crippen molar-refractivity contribution in [3.63, 3.8) is 0 Å². The van der Waals surface area contributed by atoms with Gasteiger partial charge in [-0.25, -0.2) is 0 Å². The monoisotopic (exact) mass is 403 g/mol. The van der Waals surface area contributed by atoms with Crippen molar-refractivity contribution in [1.82, 2.24) is 10.6 Å². The summed E-state index contributed by atoms with van der Waals surface area (Å²) in [5.41, 5.74) is 17.1. The van der Waals surface area contributed by atoms with Gasteiger partial charge in [-0.15, -0.1) is 0 Å². The summed E-state index contributed by atoms with van der Waals surface area (Å²) in [5, 5.41) is 26.2. The molecule has 28 heavy (non-hydrogen) atoms. The van der Waals surface area contributed by atoms with Gasteiger partial charge in [-0.2, -0.15) is 0 Å². The predicted molar refractivity (Wildman–Crippen MR) is 104 cm³/mol. The molecule has 0 aromatic carbocycles. The van der Waals surface area contributed by atoms with Crippen LogP contribution in [-0.2, 0) is 14.3 Å². The highest BCUT2D eigenvalue weighted by atomic mass is 16.7. The third kappa shape index (κ3) is 7.20. The van der Waals surface area contributed by atoms with Crippen molar-refractivity contribution in [1.29, 1.82) is 0 Å². The van der Waals surface area contributed by atoms with E-state index in [2.05, 4.69) is 10.6 Å². The number of nitrogens with two attached hydrogens (primary N) is 3. The molecule has 2 fully saturated rings. The Hall–Kier alpha value is -0.850. The molecule has 10 nitrogen and oxygen atoms in total. The van der Waals surface area contributed by atoms with Crippen LogP contribution in [0.25, 0.3) is 0 Å². The lowest BCUT2D eigenvalue weighted by atomic mass is 9.86. The van der Waals surface area contributed by atoms with Crippen LogP contribution in [0.15, 0.2) is 0 Å². The van der Waals surface area contributed by atoms with Gasteiger partial charge < -0.3 is 47.5 Å². The summed E-state index contributed by atoms with van der Waals surface area (Å²) < 4.78 is 12.0. The number of rotatable bonds is 10. The van der Waals surface area contributed by atoms with Crippen LogP contribution in [0.3, 0.4) is 0 Å². The number of hydrogen-bond donors (Lipinski definition) is 7. The molecule has 1 aliphatic heterocycles. The van der Waals surface area contributed by atoms with Crippen LogP contribution in [0.4, 0.5) is 0 Å². The average Bonchev–Trinajstić information content (AvgIpc) is 2.65. The van der Waals surface area contributed by atoms with Gasteiger partial charge in [0.1, 0.15) is 12.2 Å². The van der Waals surface area contributed by atoms with Gasteiger partial charge in [-0.1, -0.05) is 0 Å². The number of nitrogens with one attached hydrogen (secondary N) is 2. The molecule has 0 spiro atoms. The molecule has 0 aromatic heterocycles. The van der Waals surface area contributed by atoms with Crippen LogP contribution in [0.5, 0.6) is 0 Å². The molecule has 5 unspecified atom stereocenters. The van der Waals surface area contributed by atoms with E-state index < -0.39 is 36.6 Å². The maximum Gasteiger partial charge on any atom is 0.249 e. The second-order valence-corrected chi connectivity index (χ2v) is 7.71. The van der Waals surface area contributed by atoms with E-state index >= 15 is 0 Å². The summed E-state index contributed by atoms with van der Waals surface area (Å²) >= 11 is 0. The maximum absolute atomic E-state index is 12.0. The van der Waals surface area contributed by atoms with Gasteiger partial charge in [0.05, 0.1) is 12.2 Å². The maximum atomic E-state index is 12.0. The van der Waals surface area contributed by atoms with Crippen LogP contribution >= 0.6 is 0 Å². The van der Waals surface area contributed by atoms with Gasteiger partial charge in [-0.05, 0) is 45.1 Å². The van der Waals surface area contributed by atoms with E-state index in [0.717, 1.165) is 32.4 Å². The van der Waals surface area contributed by atoms with Gasteiger partial charge in [-0.3, -0.25) is 4.79 Å². The van der Waals surface area contributed by atoms with Crippen molar-refractivity contribution in [3.8, 4) is 0 Å². The lowest BCUT2D eigenvalue weighted by Gasteiger charge is -2.41. The molecule has 10 heteroatoms. The highest BCUT2D eigenvalue weighted by Gasteiger charge is 2.39. The van der Waals surface area contributed by atoms with E-state index in [-0.39, 0.29) is 25.1 Å². The minimum Gasteiger partial charge on any atom is -0.390 e. The zero-order valence-corrected chi connectivity index (χ0v) is 16.5. The Kier molecular flexibility index (Phi) is 10.0. The van der Waals surface area contributed by atoms with E-state index in [1.165, 1.54) is 0 Å². The summed E-state index contributed by atoms with van der Waals surface area (Å²) in [6, 6.07) is -0.759. The fraction of sp³-hybridized carbons (Fsp3) is 0.944. The second kappa shape index (κ2) is 12.0. The Bertz CT molecular complexity index is 460. The Morgan fingerprint density at radius 1 is 1.25 bits per heavy atom. The molecular formula is C18H37N5O5. The van der Waals surface area contributed by atoms with Crippen molar-refractivity contribution in [3.05, 3.63) is 0 Å². The molecule has 1 aliphatic carbocycles. The van der Waals surface area contributed by atoms with Gasteiger partial charge in [0.2, 0.25) is 5.91 Å². The Morgan fingerprint density at radius 2 is 2.04 bits per heavy atom. The first-order valence-electron chi connectivity index (χ1n) is 10.3. The topological polar surface area (TPSA) is 178 Å². The number of aliphatic hydroxyl groups excluding tert-OH is 2. The molecule has 10 N–H and O–H groups in total. The zero-order valence-electron chi connectivity index (χ0n) is 16.5. The fourth-order valence-electron chi connectivity index (χ4n) is 3.82. The largest absolute Gasteiger partial charge is 0.390 e. The van der Waals surface area contributed by atoms with Crippen molar-refractivity contribution in [2.45, 2.75) is 81.3 Å². The lowest BCUT2D eigenvalue weighted by molar-refractivity contribution is -0.237. The predicted octanol–water partition coefficient (Wildman–Crippen LogP) is -2.51. The van der Waals surface area contributed by atoms with E-state index in [1.807, 2.05) is 0 Å². The third-order valence-corrected chi connectivity index (χ3v) is 5.29. The van der Waals surface area contributed by atoms with Crippen molar-refractivity contribution >= 4 is 5.91 Å². The Labute approximate surface area is 166 Å². The first-order chi connectivity index (χ1) is 13.4. The van der Waals surface area contributed by atoms with Crippen molar-refractivity contribution in [2.75, 3.05) is 26.2 Å². The molecule has 1 heterocycles. The van der Waals surface area contributed by atoms with Crippen LogP contribution in [0.1, 0.15) is 38.5 Å². The van der Waals surface area contributed by atoms with Gasteiger partial charge in [0, 0.05) is 31.7 Å². The number of carbonyl (C=O) groups excluding carboxylic acids is 1. The first-order valence-corrected chi connectivity index (χ1v) is 10.3. The second-order valence-electron chi connectivity index (χ2n) is 7.71. The number of hydrogen-bond acceptors (Lipinski definition) is 9. The molecule has 0 radical (unpaired) electrons. The number of carbonyl (C=O) groups is 1. The summed E-state index contributed by atoms with van der Waals surface area (Å²) in [5.74, 6) is -0.488. The quantitative estimate of drug-likeness (QED) is 0.194. The normalized spacial score (nSPS) is 34.8. The molecular weight excluding hydrogens is 366 g/mol. The molecule has 7 atom stereocenters.